The molecule has 0 saturated carbocycles. The Bertz CT molecular complexity index is 548. The first kappa shape index (κ1) is 14.7. The smallest absolute Gasteiger partial charge is 0.172 e. The van der Waals surface area contributed by atoms with Crippen LogP contribution in [-0.2, 0) is 0 Å². The third kappa shape index (κ3) is 3.01. The normalized spacial score (nSPS) is 24.0. The van der Waals surface area contributed by atoms with Gasteiger partial charge in [0.2, 0.25) is 0 Å². The van der Waals surface area contributed by atoms with Gasteiger partial charge in [0, 0.05) is 41.4 Å². The molecule has 2 fully saturated rings. The molecule has 1 aromatic carbocycles. The highest BCUT2D eigenvalue weighted by Crippen LogP contribution is 2.29. The topological polar surface area (TPSA) is 65.1 Å². The lowest BCUT2D eigenvalue weighted by atomic mass is 10.1. The predicted molar refractivity (Wildman–Crippen MR) is 88.1 cm³/mol. The number of fused-ring (bicyclic) bond motifs is 1. The first-order chi connectivity index (χ1) is 10.2. The van der Waals surface area contributed by atoms with E-state index in [1.807, 2.05) is 12.1 Å². The van der Waals surface area contributed by atoms with Crippen molar-refractivity contribution in [2.75, 3.05) is 31.1 Å². The molecule has 1 atom stereocenters. The summed E-state index contributed by atoms with van der Waals surface area (Å²) in [6, 6.07) is 6.53. The summed E-state index contributed by atoms with van der Waals surface area (Å²) in [6.45, 7) is 4.43. The maximum absolute atomic E-state index is 9.01. The van der Waals surface area contributed by atoms with Crippen molar-refractivity contribution in [2.24, 2.45) is 10.9 Å². The summed E-state index contributed by atoms with van der Waals surface area (Å²) < 4.78 is 1.01. The molecule has 0 radical (unpaired) electrons. The molecule has 2 aliphatic heterocycles. The average molecular weight is 353 g/mol. The lowest BCUT2D eigenvalue weighted by Gasteiger charge is -2.29. The number of nitrogens with zero attached hydrogens (tertiary/aromatic N) is 3. The van der Waals surface area contributed by atoms with Gasteiger partial charge >= 0.3 is 0 Å². The van der Waals surface area contributed by atoms with Gasteiger partial charge in [-0.05, 0) is 44.0 Å². The quantitative estimate of drug-likeness (QED) is 0.370. The number of rotatable bonds is 2. The molecule has 5 nitrogen and oxygen atoms in total. The number of oxime groups is 1. The predicted octanol–water partition coefficient (Wildman–Crippen LogP) is 2.22. The van der Waals surface area contributed by atoms with Crippen molar-refractivity contribution in [3.63, 3.8) is 0 Å². The summed E-state index contributed by atoms with van der Waals surface area (Å²) in [5.41, 5.74) is 7.69. The van der Waals surface area contributed by atoms with Crippen LogP contribution >= 0.6 is 15.9 Å². The summed E-state index contributed by atoms with van der Waals surface area (Å²) in [6.07, 6.45) is 3.71. The van der Waals surface area contributed by atoms with Crippen LogP contribution in [0.3, 0.4) is 0 Å². The minimum absolute atomic E-state index is 0.171. The van der Waals surface area contributed by atoms with E-state index < -0.39 is 0 Å². The highest BCUT2D eigenvalue weighted by atomic mass is 79.9. The fourth-order valence-electron chi connectivity index (χ4n) is 3.46. The number of nitrogens with two attached hydrogens (primary N) is 1. The third-order valence-corrected chi connectivity index (χ3v) is 4.98. The zero-order valence-corrected chi connectivity index (χ0v) is 13.6. The molecule has 6 heteroatoms. The molecule has 0 amide bonds. The first-order valence-corrected chi connectivity index (χ1v) is 8.25. The Kier molecular flexibility index (Phi) is 4.35. The molecule has 114 valence electrons. The highest BCUT2D eigenvalue weighted by Gasteiger charge is 2.29. The second-order valence-corrected chi connectivity index (χ2v) is 6.69. The summed E-state index contributed by atoms with van der Waals surface area (Å²) in [5.74, 6) is 0.171. The van der Waals surface area contributed by atoms with Crippen molar-refractivity contribution in [3.8, 4) is 0 Å². The number of amidine groups is 1. The molecular weight excluding hydrogens is 332 g/mol. The van der Waals surface area contributed by atoms with Crippen molar-refractivity contribution in [2.45, 2.75) is 25.3 Å². The fraction of sp³-hybridized carbons (Fsp3) is 0.533. The zero-order valence-electron chi connectivity index (χ0n) is 12.0. The van der Waals surface area contributed by atoms with Gasteiger partial charge in [0.25, 0.3) is 0 Å². The van der Waals surface area contributed by atoms with Gasteiger partial charge in [-0.2, -0.15) is 0 Å². The Balaban J connectivity index is 1.93. The Labute approximate surface area is 133 Å². The second kappa shape index (κ2) is 6.23. The molecule has 1 aromatic rings. The van der Waals surface area contributed by atoms with E-state index in [9.17, 15) is 0 Å². The van der Waals surface area contributed by atoms with E-state index in [1.54, 1.807) is 0 Å². The largest absolute Gasteiger partial charge is 0.409 e. The molecule has 0 spiro atoms. The molecule has 2 saturated heterocycles. The van der Waals surface area contributed by atoms with Crippen molar-refractivity contribution < 1.29 is 5.21 Å². The summed E-state index contributed by atoms with van der Waals surface area (Å²) in [4.78, 5) is 4.98. The lowest BCUT2D eigenvalue weighted by Crippen LogP contribution is -2.37. The monoisotopic (exact) mass is 352 g/mol. The number of benzene rings is 1. The third-order valence-electron chi connectivity index (χ3n) is 4.49. The van der Waals surface area contributed by atoms with Crippen LogP contribution in [0.25, 0.3) is 0 Å². The molecule has 21 heavy (non-hydrogen) atoms. The van der Waals surface area contributed by atoms with Gasteiger partial charge in [0.1, 0.15) is 0 Å². The van der Waals surface area contributed by atoms with Crippen LogP contribution in [0.2, 0.25) is 0 Å². The number of hydrogen-bond acceptors (Lipinski definition) is 4. The van der Waals surface area contributed by atoms with Gasteiger partial charge in [-0.3, -0.25) is 4.90 Å². The van der Waals surface area contributed by atoms with Gasteiger partial charge in [0.15, 0.2) is 5.84 Å². The van der Waals surface area contributed by atoms with Crippen LogP contribution in [0.1, 0.15) is 24.8 Å². The maximum Gasteiger partial charge on any atom is 0.172 e. The van der Waals surface area contributed by atoms with E-state index in [4.69, 9.17) is 10.9 Å². The molecule has 0 aromatic heterocycles. The number of hydrogen-bond donors (Lipinski definition) is 2. The van der Waals surface area contributed by atoms with E-state index in [-0.39, 0.29) is 5.84 Å². The second-order valence-electron chi connectivity index (χ2n) is 5.78. The van der Waals surface area contributed by atoms with Crippen LogP contribution in [0, 0.1) is 0 Å². The maximum atomic E-state index is 9.01. The molecular formula is C15H21BrN4O. The summed E-state index contributed by atoms with van der Waals surface area (Å²) in [5, 5.41) is 12.2. The van der Waals surface area contributed by atoms with Gasteiger partial charge in [-0.25, -0.2) is 0 Å². The fourth-order valence-corrected chi connectivity index (χ4v) is 3.81. The minimum Gasteiger partial charge on any atom is -0.409 e. The Morgan fingerprint density at radius 3 is 2.90 bits per heavy atom. The molecule has 2 heterocycles. The van der Waals surface area contributed by atoms with Crippen molar-refractivity contribution in [3.05, 3.63) is 28.2 Å². The Hall–Kier alpha value is -1.27. The zero-order chi connectivity index (χ0) is 14.8. The van der Waals surface area contributed by atoms with Gasteiger partial charge < -0.3 is 15.8 Å². The highest BCUT2D eigenvalue weighted by molar-refractivity contribution is 9.10. The number of halogens is 1. The first-order valence-electron chi connectivity index (χ1n) is 7.45. The van der Waals surface area contributed by atoms with Crippen LogP contribution in [0.4, 0.5) is 5.69 Å². The van der Waals surface area contributed by atoms with Crippen molar-refractivity contribution in [1.29, 1.82) is 0 Å². The van der Waals surface area contributed by atoms with E-state index in [0.29, 0.717) is 6.04 Å². The van der Waals surface area contributed by atoms with Crippen LogP contribution in [-0.4, -0.2) is 48.2 Å². The summed E-state index contributed by atoms with van der Waals surface area (Å²) >= 11 is 3.53. The van der Waals surface area contributed by atoms with E-state index in [0.717, 1.165) is 35.2 Å². The lowest BCUT2D eigenvalue weighted by molar-refractivity contribution is 0.273. The van der Waals surface area contributed by atoms with E-state index >= 15 is 0 Å². The van der Waals surface area contributed by atoms with E-state index in [1.165, 1.54) is 25.9 Å². The molecule has 0 bridgehead atoms. The molecule has 0 aliphatic carbocycles. The Morgan fingerprint density at radius 2 is 2.10 bits per heavy atom. The van der Waals surface area contributed by atoms with Gasteiger partial charge in [-0.15, -0.1) is 0 Å². The van der Waals surface area contributed by atoms with Gasteiger partial charge in [0.05, 0.1) is 0 Å². The average Bonchev–Trinajstić information content (AvgIpc) is 2.83. The molecule has 3 N–H and O–H groups in total. The van der Waals surface area contributed by atoms with Crippen LogP contribution in [0.5, 0.6) is 0 Å². The van der Waals surface area contributed by atoms with Gasteiger partial charge in [-0.1, -0.05) is 21.1 Å². The Morgan fingerprint density at radius 1 is 1.29 bits per heavy atom. The van der Waals surface area contributed by atoms with Crippen molar-refractivity contribution >= 4 is 27.5 Å². The molecule has 3 rings (SSSR count). The van der Waals surface area contributed by atoms with Crippen LogP contribution in [0.15, 0.2) is 27.8 Å². The molecule has 2 aliphatic rings. The number of anilines is 1. The SMILES string of the molecule is N/C(=N/O)c1ccc(Br)cc1N1CCCN2CCCC2C1. The van der Waals surface area contributed by atoms with Crippen LogP contribution < -0.4 is 10.6 Å². The minimum atomic E-state index is 0.171. The standard InChI is InChI=1S/C15H21BrN4O/c16-11-4-5-13(15(17)18-21)14(9-11)20-8-2-7-19-6-1-3-12(19)10-20/h4-5,9,12,21H,1-3,6-8,10H2,(H2,17,18). The summed E-state index contributed by atoms with van der Waals surface area (Å²) in [7, 11) is 0. The van der Waals surface area contributed by atoms with E-state index in [2.05, 4.69) is 37.0 Å². The van der Waals surface area contributed by atoms with Crippen molar-refractivity contribution in [1.82, 2.24) is 4.90 Å². The molecule has 1 unspecified atom stereocenters.